The van der Waals surface area contributed by atoms with Crippen molar-refractivity contribution in [3.63, 3.8) is 0 Å². The summed E-state index contributed by atoms with van der Waals surface area (Å²) in [7, 11) is 0. The third-order valence-corrected chi connectivity index (χ3v) is 6.44. The first kappa shape index (κ1) is 23.3. The van der Waals surface area contributed by atoms with Crippen molar-refractivity contribution < 1.29 is 1.37 Å². The molecule has 0 saturated heterocycles. The lowest BCUT2D eigenvalue weighted by Crippen LogP contribution is -2.20. The molecule has 1 aliphatic rings. The molecule has 186 valence electrons. The van der Waals surface area contributed by atoms with Crippen molar-refractivity contribution in [2.24, 2.45) is 5.41 Å². The second kappa shape index (κ2) is 9.72. The quantitative estimate of drug-likeness (QED) is 0.302. The van der Waals surface area contributed by atoms with Crippen LogP contribution in [0.5, 0.6) is 0 Å². The highest BCUT2D eigenvalue weighted by atomic mass is 35.5. The van der Waals surface area contributed by atoms with Crippen molar-refractivity contribution in [3.8, 4) is 12.1 Å². The first-order valence-corrected chi connectivity index (χ1v) is 12.5. The number of nitrogens with one attached hydrogen (secondary N) is 2. The molecule has 1 fully saturated rings. The first-order chi connectivity index (χ1) is 18.1. The Balaban J connectivity index is 1.67. The summed E-state index contributed by atoms with van der Waals surface area (Å²) in [6.07, 6.45) is 5.32. The highest BCUT2D eigenvalue weighted by Crippen LogP contribution is 2.37. The van der Waals surface area contributed by atoms with E-state index in [2.05, 4.69) is 58.8 Å². The van der Waals surface area contributed by atoms with Crippen LogP contribution in [0.2, 0.25) is 5.02 Å². The molecule has 4 aromatic rings. The van der Waals surface area contributed by atoms with Gasteiger partial charge >= 0.3 is 0 Å². The van der Waals surface area contributed by atoms with E-state index in [1.807, 2.05) is 6.07 Å². The van der Waals surface area contributed by atoms with E-state index in [0.29, 0.717) is 62.3 Å². The molecular weight excluding hydrogens is 484 g/mol. The molecule has 0 spiro atoms. The summed E-state index contributed by atoms with van der Waals surface area (Å²) >= 11 is 6.59. The van der Waals surface area contributed by atoms with Gasteiger partial charge in [0.15, 0.2) is 0 Å². The minimum atomic E-state index is -1.61. The molecule has 2 aromatic heterocycles. The minimum absolute atomic E-state index is 0.0516. The molecule has 37 heavy (non-hydrogen) atoms. The number of benzene rings is 2. The monoisotopic (exact) mass is 511 g/mol. The van der Waals surface area contributed by atoms with Crippen molar-refractivity contribution in [2.45, 2.75) is 45.7 Å². The van der Waals surface area contributed by atoms with Crippen molar-refractivity contribution in [1.82, 2.24) is 20.0 Å². The molecule has 2 aromatic carbocycles. The van der Waals surface area contributed by atoms with Crippen LogP contribution in [-0.4, -0.2) is 26.5 Å². The average Bonchev–Trinajstić information content (AvgIpc) is 3.61. The summed E-state index contributed by atoms with van der Waals surface area (Å²) in [6.45, 7) is 6.88. The number of hydrogen-bond acceptors (Lipinski definition) is 7. The lowest BCUT2D eigenvalue weighted by atomic mass is 9.96. The molecule has 0 aliphatic heterocycles. The Labute approximate surface area is 222 Å². The van der Waals surface area contributed by atoms with Crippen molar-refractivity contribution in [2.75, 3.05) is 17.2 Å². The Kier molecular flexibility index (Phi) is 6.12. The van der Waals surface area contributed by atoms with Gasteiger partial charge in [-0.05, 0) is 42.0 Å². The molecule has 1 atom stereocenters. The molecular formula is C28H27ClN8. The maximum Gasteiger partial charge on any atom is 0.110 e. The maximum atomic E-state index is 9.99. The third kappa shape index (κ3) is 5.21. The molecule has 1 saturated carbocycles. The fourth-order valence-corrected chi connectivity index (χ4v) is 4.31. The van der Waals surface area contributed by atoms with E-state index >= 15 is 0 Å². The van der Waals surface area contributed by atoms with Crippen LogP contribution in [-0.2, 0) is 0 Å². The zero-order valence-electron chi connectivity index (χ0n) is 21.9. The summed E-state index contributed by atoms with van der Waals surface area (Å²) < 4.78 is 11.4. The Bertz CT molecular complexity index is 1610. The van der Waals surface area contributed by atoms with Crippen LogP contribution in [0.3, 0.4) is 0 Å². The fourth-order valence-electron chi connectivity index (χ4n) is 4.08. The first-order valence-electron chi connectivity index (χ1n) is 12.6. The lowest BCUT2D eigenvalue weighted by molar-refractivity contribution is 0.443. The van der Waals surface area contributed by atoms with Gasteiger partial charge in [-0.15, -0.1) is 5.10 Å². The van der Waals surface area contributed by atoms with Gasteiger partial charge in [-0.2, -0.15) is 10.5 Å². The van der Waals surface area contributed by atoms with E-state index < -0.39 is 6.02 Å². The van der Waals surface area contributed by atoms with Gasteiger partial charge in [0.1, 0.15) is 17.8 Å². The van der Waals surface area contributed by atoms with Crippen LogP contribution in [0, 0.1) is 28.1 Å². The summed E-state index contributed by atoms with van der Waals surface area (Å²) in [4.78, 5) is 4.42. The van der Waals surface area contributed by atoms with Crippen molar-refractivity contribution in [1.29, 1.82) is 10.5 Å². The van der Waals surface area contributed by atoms with E-state index in [1.54, 1.807) is 41.2 Å². The SMILES string of the molecule is [2H][C@](Nc1cc(C#N)c2ncc(C#N)c(NCC(C)(C)C)c2c1)(c1cn(C2CC2)nn1)c1ccccc1Cl. The van der Waals surface area contributed by atoms with E-state index in [1.165, 1.54) is 6.20 Å². The number of fused-ring (bicyclic) bond motifs is 1. The zero-order chi connectivity index (χ0) is 27.1. The van der Waals surface area contributed by atoms with E-state index in [9.17, 15) is 11.9 Å². The van der Waals surface area contributed by atoms with Gasteiger partial charge in [0.05, 0.1) is 42.0 Å². The van der Waals surface area contributed by atoms with Gasteiger partial charge in [-0.1, -0.05) is 55.8 Å². The highest BCUT2D eigenvalue weighted by Gasteiger charge is 2.28. The van der Waals surface area contributed by atoms with Gasteiger partial charge < -0.3 is 10.6 Å². The molecule has 8 nitrogen and oxygen atoms in total. The lowest BCUT2D eigenvalue weighted by Gasteiger charge is -2.22. The zero-order valence-corrected chi connectivity index (χ0v) is 21.6. The standard InChI is InChI=1S/C28H27ClN8/c1-28(2,3)16-33-26-18(13-31)14-32-25-17(12-30)10-19(11-22(25)26)34-27(21-6-4-5-7-23(21)29)24-15-37(36-35-24)20-8-9-20/h4-7,10-11,14-15,20,27,34H,8-9,16H2,1-3H3,(H,32,33)/t27-/m1/s1/i27D. The van der Waals surface area contributed by atoms with Crippen LogP contribution >= 0.6 is 11.6 Å². The average molecular weight is 512 g/mol. The molecule has 2 N–H and O–H groups in total. The van der Waals surface area contributed by atoms with E-state index in [4.69, 9.17) is 11.6 Å². The van der Waals surface area contributed by atoms with Gasteiger partial charge in [0.25, 0.3) is 0 Å². The predicted molar refractivity (Wildman–Crippen MR) is 144 cm³/mol. The summed E-state index contributed by atoms with van der Waals surface area (Å²) in [5, 5.41) is 36.1. The van der Waals surface area contributed by atoms with Crippen LogP contribution < -0.4 is 10.6 Å². The van der Waals surface area contributed by atoms with Crippen molar-refractivity contribution >= 4 is 33.9 Å². The number of pyridine rings is 1. The second-order valence-corrected chi connectivity index (χ2v) is 10.8. The molecule has 9 heteroatoms. The molecule has 1 aliphatic carbocycles. The third-order valence-electron chi connectivity index (χ3n) is 6.11. The predicted octanol–water partition coefficient (Wildman–Crippen LogP) is 6.22. The Morgan fingerprint density at radius 2 is 1.95 bits per heavy atom. The molecule has 0 amide bonds. The maximum absolute atomic E-state index is 9.99. The smallest absolute Gasteiger partial charge is 0.110 e. The number of rotatable bonds is 7. The molecule has 5 rings (SSSR count). The summed E-state index contributed by atoms with van der Waals surface area (Å²) in [5.74, 6) is 0. The van der Waals surface area contributed by atoms with Gasteiger partial charge in [-0.25, -0.2) is 4.68 Å². The topological polar surface area (TPSA) is 115 Å². The second-order valence-electron chi connectivity index (χ2n) is 10.4. The summed E-state index contributed by atoms with van der Waals surface area (Å²) in [5.41, 5.74) is 3.08. The summed E-state index contributed by atoms with van der Waals surface area (Å²) in [6, 6.07) is 13.7. The Morgan fingerprint density at radius 3 is 2.62 bits per heavy atom. The number of halogens is 1. The van der Waals surface area contributed by atoms with E-state index in [-0.39, 0.29) is 5.41 Å². The number of nitrogens with zero attached hydrogens (tertiary/aromatic N) is 6. The van der Waals surface area contributed by atoms with Crippen molar-refractivity contribution in [3.05, 3.63) is 76.2 Å². The number of aromatic nitrogens is 4. The number of anilines is 2. The molecule has 0 radical (unpaired) electrons. The van der Waals surface area contributed by atoms with Crippen LogP contribution in [0.4, 0.5) is 11.4 Å². The van der Waals surface area contributed by atoms with Gasteiger partial charge in [-0.3, -0.25) is 4.98 Å². The molecule has 0 bridgehead atoms. The highest BCUT2D eigenvalue weighted by molar-refractivity contribution is 6.31. The van der Waals surface area contributed by atoms with Gasteiger partial charge in [0.2, 0.25) is 0 Å². The number of hydrogen-bond donors (Lipinski definition) is 2. The largest absolute Gasteiger partial charge is 0.383 e. The minimum Gasteiger partial charge on any atom is -0.383 e. The van der Waals surface area contributed by atoms with Crippen LogP contribution in [0.15, 0.2) is 48.8 Å². The van der Waals surface area contributed by atoms with E-state index in [0.717, 1.165) is 12.8 Å². The molecule has 2 heterocycles. The normalized spacial score (nSPS) is 15.4. The van der Waals surface area contributed by atoms with Crippen LogP contribution in [0.25, 0.3) is 10.9 Å². The van der Waals surface area contributed by atoms with Gasteiger partial charge in [0, 0.05) is 28.8 Å². The Morgan fingerprint density at radius 1 is 1.19 bits per heavy atom. The molecule has 0 unspecified atom stereocenters. The Hall–Kier alpha value is -4.14. The fraction of sp³-hybridized carbons (Fsp3) is 0.321. The number of nitriles is 2. The van der Waals surface area contributed by atoms with Crippen LogP contribution in [0.1, 0.15) is 69.4 Å².